The highest BCUT2D eigenvalue weighted by Gasteiger charge is 2.11. The zero-order chi connectivity index (χ0) is 17.6. The van der Waals surface area contributed by atoms with Crippen LogP contribution in [0.15, 0.2) is 66.7 Å². The molecule has 25 heavy (non-hydrogen) atoms. The van der Waals surface area contributed by atoms with E-state index < -0.39 is 11.6 Å². The van der Waals surface area contributed by atoms with Gasteiger partial charge in [0.25, 0.3) is 0 Å². The van der Waals surface area contributed by atoms with E-state index in [1.54, 1.807) is 7.11 Å². The van der Waals surface area contributed by atoms with Crippen LogP contribution in [-0.4, -0.2) is 13.7 Å². The van der Waals surface area contributed by atoms with E-state index >= 15 is 0 Å². The van der Waals surface area contributed by atoms with Crippen molar-refractivity contribution in [2.75, 3.05) is 13.7 Å². The predicted molar refractivity (Wildman–Crippen MR) is 97.4 cm³/mol. The molecule has 0 aliphatic heterocycles. The Labute approximate surface area is 146 Å². The fourth-order valence-electron chi connectivity index (χ4n) is 2.95. The van der Waals surface area contributed by atoms with Crippen LogP contribution < -0.4 is 0 Å². The number of aryl methyl sites for hydroxylation is 1. The third kappa shape index (κ3) is 4.12. The minimum absolute atomic E-state index is 0.404. The van der Waals surface area contributed by atoms with Gasteiger partial charge in [-0.3, -0.25) is 0 Å². The predicted octanol–water partition coefficient (Wildman–Crippen LogP) is 5.88. The van der Waals surface area contributed by atoms with Gasteiger partial charge in [0.05, 0.1) is 0 Å². The minimum atomic E-state index is -0.570. The van der Waals surface area contributed by atoms with Gasteiger partial charge in [0, 0.05) is 25.3 Å². The summed E-state index contributed by atoms with van der Waals surface area (Å²) in [6, 6.07) is 19.6. The molecule has 0 heterocycles. The van der Waals surface area contributed by atoms with E-state index in [0.717, 1.165) is 42.2 Å². The quantitative estimate of drug-likeness (QED) is 0.510. The second-order valence-corrected chi connectivity index (χ2v) is 5.96. The van der Waals surface area contributed by atoms with E-state index in [0.29, 0.717) is 5.56 Å². The lowest BCUT2D eigenvalue weighted by Gasteiger charge is -2.12. The van der Waals surface area contributed by atoms with Gasteiger partial charge in [-0.15, -0.1) is 0 Å². The normalized spacial score (nSPS) is 10.8. The first kappa shape index (κ1) is 17.3. The van der Waals surface area contributed by atoms with E-state index in [-0.39, 0.29) is 0 Å². The maximum atomic E-state index is 14.2. The van der Waals surface area contributed by atoms with Gasteiger partial charge in [-0.25, -0.2) is 8.78 Å². The summed E-state index contributed by atoms with van der Waals surface area (Å²) in [5.41, 5.74) is 4.34. The van der Waals surface area contributed by atoms with E-state index in [2.05, 4.69) is 12.1 Å². The number of ether oxygens (including phenoxy) is 1. The fraction of sp³-hybridized carbons (Fsp3) is 0.182. The molecule has 3 rings (SSSR count). The van der Waals surface area contributed by atoms with Crippen LogP contribution in [-0.2, 0) is 11.2 Å². The Morgan fingerprint density at radius 2 is 1.52 bits per heavy atom. The Morgan fingerprint density at radius 1 is 0.800 bits per heavy atom. The van der Waals surface area contributed by atoms with Crippen molar-refractivity contribution in [1.82, 2.24) is 0 Å². The topological polar surface area (TPSA) is 9.23 Å². The second-order valence-electron chi connectivity index (χ2n) is 5.96. The largest absolute Gasteiger partial charge is 0.385 e. The average molecular weight is 338 g/mol. The molecule has 1 nitrogen and oxygen atoms in total. The van der Waals surface area contributed by atoms with Crippen LogP contribution >= 0.6 is 0 Å². The van der Waals surface area contributed by atoms with Crippen molar-refractivity contribution < 1.29 is 13.5 Å². The monoisotopic (exact) mass is 338 g/mol. The molecule has 0 radical (unpaired) electrons. The number of halogens is 2. The molecule has 0 fully saturated rings. The maximum absolute atomic E-state index is 14.2. The zero-order valence-electron chi connectivity index (χ0n) is 14.1. The zero-order valence-corrected chi connectivity index (χ0v) is 14.1. The number of rotatable bonds is 6. The van der Waals surface area contributed by atoms with Crippen LogP contribution in [0.3, 0.4) is 0 Å². The molecule has 0 saturated carbocycles. The maximum Gasteiger partial charge on any atom is 0.133 e. The molecule has 0 unspecified atom stereocenters. The highest BCUT2D eigenvalue weighted by molar-refractivity contribution is 5.83. The van der Waals surface area contributed by atoms with Gasteiger partial charge < -0.3 is 4.74 Å². The summed E-state index contributed by atoms with van der Waals surface area (Å²) in [6.45, 7) is 0.744. The molecule has 0 bridgehead atoms. The third-order valence-electron chi connectivity index (χ3n) is 4.23. The van der Waals surface area contributed by atoms with E-state index in [9.17, 15) is 8.78 Å². The van der Waals surface area contributed by atoms with Crippen molar-refractivity contribution in [2.24, 2.45) is 0 Å². The summed E-state index contributed by atoms with van der Waals surface area (Å²) in [6.07, 6.45) is 1.94. The van der Waals surface area contributed by atoms with Crippen molar-refractivity contribution in [2.45, 2.75) is 12.8 Å². The Balaban J connectivity index is 1.93. The van der Waals surface area contributed by atoms with Gasteiger partial charge >= 0.3 is 0 Å². The smallest absolute Gasteiger partial charge is 0.133 e. The van der Waals surface area contributed by atoms with E-state index in [4.69, 9.17) is 4.74 Å². The number of hydrogen-bond acceptors (Lipinski definition) is 1. The first-order valence-corrected chi connectivity index (χ1v) is 8.32. The number of methoxy groups -OCH3 is 1. The van der Waals surface area contributed by atoms with Crippen molar-refractivity contribution in [1.29, 1.82) is 0 Å². The van der Waals surface area contributed by atoms with Crippen molar-refractivity contribution in [3.8, 4) is 22.3 Å². The van der Waals surface area contributed by atoms with Crippen LogP contribution in [0.1, 0.15) is 12.0 Å². The standard InChI is InChI=1S/C22H20F2O/c1-25-14-4-5-16-8-10-17(11-9-16)19-6-2-3-7-20(19)21-13-12-18(23)15-22(21)24/h2-3,6-13,15H,4-5,14H2,1H3. The molecular weight excluding hydrogens is 318 g/mol. The van der Waals surface area contributed by atoms with Gasteiger partial charge in [-0.05, 0) is 47.2 Å². The van der Waals surface area contributed by atoms with E-state index in [1.165, 1.54) is 17.7 Å². The minimum Gasteiger partial charge on any atom is -0.385 e. The summed E-state index contributed by atoms with van der Waals surface area (Å²) >= 11 is 0. The lowest BCUT2D eigenvalue weighted by Crippen LogP contribution is -1.93. The number of hydrogen-bond donors (Lipinski definition) is 0. The molecular formula is C22H20F2O. The van der Waals surface area contributed by atoms with Gasteiger partial charge in [0.2, 0.25) is 0 Å². The average Bonchev–Trinajstić information content (AvgIpc) is 2.63. The molecule has 128 valence electrons. The van der Waals surface area contributed by atoms with Crippen LogP contribution in [0, 0.1) is 11.6 Å². The lowest BCUT2D eigenvalue weighted by atomic mass is 9.93. The van der Waals surface area contributed by atoms with Gasteiger partial charge in [-0.2, -0.15) is 0 Å². The third-order valence-corrected chi connectivity index (χ3v) is 4.23. The first-order chi connectivity index (χ1) is 12.2. The number of benzene rings is 3. The van der Waals surface area contributed by atoms with Crippen LogP contribution in [0.25, 0.3) is 22.3 Å². The molecule has 0 aliphatic rings. The van der Waals surface area contributed by atoms with Crippen molar-refractivity contribution >= 4 is 0 Å². The molecule has 0 spiro atoms. The Bertz CT molecular complexity index is 841. The second kappa shape index (κ2) is 8.04. The summed E-state index contributed by atoms with van der Waals surface area (Å²) in [7, 11) is 1.70. The summed E-state index contributed by atoms with van der Waals surface area (Å²) in [5, 5.41) is 0. The van der Waals surface area contributed by atoms with Crippen molar-refractivity contribution in [3.63, 3.8) is 0 Å². The SMILES string of the molecule is COCCCc1ccc(-c2ccccc2-c2ccc(F)cc2F)cc1. The lowest BCUT2D eigenvalue weighted by molar-refractivity contribution is 0.195. The van der Waals surface area contributed by atoms with Crippen LogP contribution in [0.5, 0.6) is 0 Å². The molecule has 0 aliphatic carbocycles. The van der Waals surface area contributed by atoms with E-state index in [1.807, 2.05) is 36.4 Å². The fourth-order valence-corrected chi connectivity index (χ4v) is 2.95. The molecule has 3 aromatic rings. The Morgan fingerprint density at radius 3 is 2.20 bits per heavy atom. The molecule has 0 saturated heterocycles. The Kier molecular flexibility index (Phi) is 5.56. The summed E-state index contributed by atoms with van der Waals surface area (Å²) in [5.74, 6) is -1.12. The highest BCUT2D eigenvalue weighted by atomic mass is 19.1. The van der Waals surface area contributed by atoms with Crippen LogP contribution in [0.4, 0.5) is 8.78 Å². The summed E-state index contributed by atoms with van der Waals surface area (Å²) in [4.78, 5) is 0. The molecule has 3 heteroatoms. The van der Waals surface area contributed by atoms with Gasteiger partial charge in [0.1, 0.15) is 11.6 Å². The highest BCUT2D eigenvalue weighted by Crippen LogP contribution is 2.33. The summed E-state index contributed by atoms with van der Waals surface area (Å²) < 4.78 is 32.5. The molecule has 0 amide bonds. The first-order valence-electron chi connectivity index (χ1n) is 8.32. The molecule has 0 N–H and O–H groups in total. The van der Waals surface area contributed by atoms with Crippen LogP contribution in [0.2, 0.25) is 0 Å². The molecule has 3 aromatic carbocycles. The van der Waals surface area contributed by atoms with Gasteiger partial charge in [0.15, 0.2) is 0 Å². The Hall–Kier alpha value is -2.52. The molecule has 0 atom stereocenters. The van der Waals surface area contributed by atoms with Gasteiger partial charge in [-0.1, -0.05) is 48.5 Å². The van der Waals surface area contributed by atoms with Crippen molar-refractivity contribution in [3.05, 3.63) is 83.9 Å². The molecule has 0 aromatic heterocycles.